The predicted octanol–water partition coefficient (Wildman–Crippen LogP) is 3.00. The molecule has 142 valence electrons. The van der Waals surface area contributed by atoms with Crippen LogP contribution in [-0.4, -0.2) is 29.2 Å². The molecule has 1 aliphatic heterocycles. The van der Waals surface area contributed by atoms with E-state index >= 15 is 0 Å². The second-order valence-corrected chi connectivity index (χ2v) is 8.76. The van der Waals surface area contributed by atoms with Gasteiger partial charge in [-0.25, -0.2) is 0 Å². The topological polar surface area (TPSA) is 90.3 Å². The van der Waals surface area contributed by atoms with Crippen molar-refractivity contribution in [2.24, 2.45) is 11.8 Å². The Kier molecular flexibility index (Phi) is 5.00. The summed E-state index contributed by atoms with van der Waals surface area (Å²) in [6, 6.07) is 2.23. The number of rotatable bonds is 4. The molecule has 1 saturated heterocycles. The summed E-state index contributed by atoms with van der Waals surface area (Å²) < 4.78 is 0. The third-order valence-corrected chi connectivity index (χ3v) is 7.24. The fourth-order valence-corrected chi connectivity index (χ4v) is 5.88. The van der Waals surface area contributed by atoms with E-state index in [-0.39, 0.29) is 42.5 Å². The van der Waals surface area contributed by atoms with Crippen molar-refractivity contribution in [2.45, 2.75) is 57.8 Å². The van der Waals surface area contributed by atoms with Crippen molar-refractivity contribution >= 4 is 34.1 Å². The highest BCUT2D eigenvalue weighted by molar-refractivity contribution is 7.16. The molecular weight excluding hydrogens is 362 g/mol. The lowest BCUT2D eigenvalue weighted by Gasteiger charge is -2.19. The maximum atomic E-state index is 12.5. The Hall–Kier alpha value is -2.20. The first-order valence-corrected chi connectivity index (χ1v) is 10.6. The molecule has 6 nitrogen and oxygen atoms in total. The van der Waals surface area contributed by atoms with Crippen LogP contribution in [0.25, 0.3) is 0 Å². The van der Waals surface area contributed by atoms with Crippen molar-refractivity contribution in [1.29, 1.82) is 5.26 Å². The summed E-state index contributed by atoms with van der Waals surface area (Å²) in [5.41, 5.74) is 1.67. The van der Waals surface area contributed by atoms with E-state index in [1.54, 1.807) is 0 Å². The first-order valence-electron chi connectivity index (χ1n) is 9.80. The lowest BCUT2D eigenvalue weighted by Crippen LogP contribution is -2.34. The number of thiophene rings is 1. The quantitative estimate of drug-likeness (QED) is 0.807. The predicted molar refractivity (Wildman–Crippen MR) is 101 cm³/mol. The van der Waals surface area contributed by atoms with E-state index in [2.05, 4.69) is 11.4 Å². The molecule has 1 aromatic heterocycles. The average Bonchev–Trinajstić information content (AvgIpc) is 3.15. The number of carbonyl (C=O) groups is 3. The van der Waals surface area contributed by atoms with Crippen molar-refractivity contribution in [3.05, 3.63) is 16.0 Å². The van der Waals surface area contributed by atoms with Crippen LogP contribution in [0.4, 0.5) is 5.00 Å². The van der Waals surface area contributed by atoms with Crippen LogP contribution in [0.2, 0.25) is 0 Å². The van der Waals surface area contributed by atoms with Gasteiger partial charge in [0.25, 0.3) is 0 Å². The molecule has 0 aromatic carbocycles. The number of anilines is 1. The lowest BCUT2D eigenvalue weighted by molar-refractivity contribution is -0.140. The Morgan fingerprint density at radius 3 is 2.44 bits per heavy atom. The van der Waals surface area contributed by atoms with E-state index < -0.39 is 0 Å². The minimum atomic E-state index is -0.249. The molecule has 3 amide bonds. The van der Waals surface area contributed by atoms with E-state index in [9.17, 15) is 19.6 Å². The fourth-order valence-electron chi connectivity index (χ4n) is 4.63. The minimum absolute atomic E-state index is 0.0738. The van der Waals surface area contributed by atoms with Crippen molar-refractivity contribution in [3.63, 3.8) is 0 Å². The van der Waals surface area contributed by atoms with E-state index in [0.717, 1.165) is 56.9 Å². The third-order valence-electron chi connectivity index (χ3n) is 6.03. The molecule has 1 saturated carbocycles. The molecule has 2 heterocycles. The van der Waals surface area contributed by atoms with Gasteiger partial charge in [-0.15, -0.1) is 11.3 Å². The molecule has 27 heavy (non-hydrogen) atoms. The zero-order valence-corrected chi connectivity index (χ0v) is 16.1. The summed E-state index contributed by atoms with van der Waals surface area (Å²) >= 11 is 1.49. The van der Waals surface area contributed by atoms with Crippen molar-refractivity contribution in [3.8, 4) is 6.07 Å². The number of likely N-dealkylation sites (tertiary alicyclic amines) is 1. The SMILES string of the molecule is N#Cc1c(NC(=O)CCN2C(=O)[C@H]3CCCC[C@H]3C2=O)sc2c1CCCC2. The highest BCUT2D eigenvalue weighted by atomic mass is 32.1. The maximum Gasteiger partial charge on any atom is 0.233 e. The van der Waals surface area contributed by atoms with Crippen LogP contribution in [-0.2, 0) is 27.2 Å². The molecule has 7 heteroatoms. The number of carbonyl (C=O) groups excluding carboxylic acids is 3. The summed E-state index contributed by atoms with van der Waals surface area (Å²) in [4.78, 5) is 39.9. The smallest absolute Gasteiger partial charge is 0.233 e. The van der Waals surface area contributed by atoms with Gasteiger partial charge in [0.1, 0.15) is 11.1 Å². The molecule has 2 aliphatic carbocycles. The van der Waals surface area contributed by atoms with Crippen LogP contribution in [0.5, 0.6) is 0 Å². The van der Waals surface area contributed by atoms with Crippen molar-refractivity contribution in [2.75, 3.05) is 11.9 Å². The largest absolute Gasteiger partial charge is 0.317 e. The molecule has 1 N–H and O–H groups in total. The zero-order valence-electron chi connectivity index (χ0n) is 15.3. The van der Waals surface area contributed by atoms with Gasteiger partial charge in [-0.05, 0) is 44.1 Å². The first kappa shape index (κ1) is 18.2. The van der Waals surface area contributed by atoms with Gasteiger partial charge in [0.05, 0.1) is 17.4 Å². The first-order chi connectivity index (χ1) is 13.1. The van der Waals surface area contributed by atoms with Crippen LogP contribution in [0.3, 0.4) is 0 Å². The van der Waals surface area contributed by atoms with Gasteiger partial charge in [-0.2, -0.15) is 5.26 Å². The van der Waals surface area contributed by atoms with Crippen molar-refractivity contribution < 1.29 is 14.4 Å². The molecule has 0 radical (unpaired) electrons. The third kappa shape index (κ3) is 3.27. The molecule has 2 atom stereocenters. The Balaban J connectivity index is 1.39. The number of nitrogens with one attached hydrogen (secondary N) is 1. The van der Waals surface area contributed by atoms with Crippen LogP contribution >= 0.6 is 11.3 Å². The summed E-state index contributed by atoms with van der Waals surface area (Å²) in [6.45, 7) is 0.128. The van der Waals surface area contributed by atoms with Crippen LogP contribution in [0.15, 0.2) is 0 Å². The van der Waals surface area contributed by atoms with Crippen LogP contribution in [0, 0.1) is 23.2 Å². The lowest BCUT2D eigenvalue weighted by atomic mass is 9.81. The number of hydrogen-bond acceptors (Lipinski definition) is 5. The summed E-state index contributed by atoms with van der Waals surface area (Å²) in [5, 5.41) is 12.9. The number of amides is 3. The molecule has 0 bridgehead atoms. The number of fused-ring (bicyclic) bond motifs is 2. The van der Waals surface area contributed by atoms with Crippen molar-refractivity contribution in [1.82, 2.24) is 4.90 Å². The van der Waals surface area contributed by atoms with Gasteiger partial charge in [0, 0.05) is 17.8 Å². The molecule has 1 aromatic rings. The van der Waals surface area contributed by atoms with E-state index in [4.69, 9.17) is 0 Å². The summed E-state index contributed by atoms with van der Waals surface area (Å²) in [6.07, 6.45) is 7.68. The number of hydrogen-bond donors (Lipinski definition) is 1. The Bertz CT molecular complexity index is 814. The monoisotopic (exact) mass is 385 g/mol. The molecule has 2 fully saturated rings. The Morgan fingerprint density at radius 1 is 1.11 bits per heavy atom. The Labute approximate surface area is 162 Å². The maximum absolute atomic E-state index is 12.5. The number of imide groups is 1. The minimum Gasteiger partial charge on any atom is -0.317 e. The molecule has 0 unspecified atom stereocenters. The Morgan fingerprint density at radius 2 is 1.78 bits per heavy atom. The zero-order chi connectivity index (χ0) is 19.0. The van der Waals surface area contributed by atoms with Gasteiger partial charge < -0.3 is 5.32 Å². The van der Waals surface area contributed by atoms with E-state index in [1.165, 1.54) is 21.1 Å². The number of nitriles is 1. The number of aryl methyl sites for hydroxylation is 1. The van der Waals surface area contributed by atoms with Gasteiger partial charge in [0.15, 0.2) is 0 Å². The van der Waals surface area contributed by atoms with Crippen LogP contribution < -0.4 is 5.32 Å². The van der Waals surface area contributed by atoms with Crippen LogP contribution in [0.1, 0.15) is 60.9 Å². The van der Waals surface area contributed by atoms with E-state index in [1.807, 2.05) is 0 Å². The highest BCUT2D eigenvalue weighted by Gasteiger charge is 2.47. The molecular formula is C20H23N3O3S. The van der Waals surface area contributed by atoms with Gasteiger partial charge in [-0.3, -0.25) is 19.3 Å². The molecule has 0 spiro atoms. The van der Waals surface area contributed by atoms with Gasteiger partial charge in [0.2, 0.25) is 17.7 Å². The number of nitrogens with zero attached hydrogens (tertiary/aromatic N) is 2. The van der Waals surface area contributed by atoms with Gasteiger partial charge in [-0.1, -0.05) is 12.8 Å². The second kappa shape index (κ2) is 7.43. The molecule has 3 aliphatic rings. The standard InChI is InChI=1S/C20H23N3O3S/c21-11-15-12-5-3-4-8-16(12)27-18(15)22-17(24)9-10-23-19(25)13-6-1-2-7-14(13)20(23)26/h13-14H,1-10H2,(H,22,24)/t13-,14+. The summed E-state index contributed by atoms with van der Waals surface area (Å²) in [5.74, 6) is -0.823. The second-order valence-electron chi connectivity index (χ2n) is 7.65. The average molecular weight is 385 g/mol. The normalized spacial score (nSPS) is 24.3. The fraction of sp³-hybridized carbons (Fsp3) is 0.600. The van der Waals surface area contributed by atoms with Gasteiger partial charge >= 0.3 is 0 Å². The summed E-state index contributed by atoms with van der Waals surface area (Å²) in [7, 11) is 0. The highest BCUT2D eigenvalue weighted by Crippen LogP contribution is 2.39. The van der Waals surface area contributed by atoms with E-state index in [0.29, 0.717) is 10.6 Å². The molecule has 4 rings (SSSR count).